The van der Waals surface area contributed by atoms with Gasteiger partial charge in [0.25, 0.3) is 5.91 Å². The normalized spacial score (nSPS) is 19.7. The first-order valence-corrected chi connectivity index (χ1v) is 12.0. The smallest absolute Gasteiger partial charge is 0.341 e. The Kier molecular flexibility index (Phi) is 7.09. The maximum absolute atomic E-state index is 14.0. The zero-order valence-corrected chi connectivity index (χ0v) is 20.0. The Bertz CT molecular complexity index is 1440. The molecule has 0 N–H and O–H groups in total. The molecule has 0 spiro atoms. The Labute approximate surface area is 216 Å². The minimum atomic E-state index is -1.12. The number of carbonyl (C=O) groups excluding carboxylic acids is 2. The third-order valence-corrected chi connectivity index (χ3v) is 6.66. The highest BCUT2D eigenvalue weighted by molar-refractivity contribution is 6.08. The Morgan fingerprint density at radius 3 is 2.26 bits per heavy atom. The van der Waals surface area contributed by atoms with Crippen LogP contribution < -0.4 is 0 Å². The molecule has 5 rings (SSSR count). The monoisotopic (exact) mass is 522 g/mol. The Morgan fingerprint density at radius 1 is 0.921 bits per heavy atom. The second-order valence-electron chi connectivity index (χ2n) is 9.14. The average Bonchev–Trinajstić information content (AvgIpc) is 3.30. The van der Waals surface area contributed by atoms with Gasteiger partial charge in [-0.25, -0.2) is 27.4 Å². The van der Waals surface area contributed by atoms with Gasteiger partial charge in [0, 0.05) is 12.0 Å². The van der Waals surface area contributed by atoms with Crippen molar-refractivity contribution < 1.29 is 31.9 Å². The number of allylic oxidation sites excluding steroid dienone is 1. The van der Waals surface area contributed by atoms with Gasteiger partial charge >= 0.3 is 5.97 Å². The van der Waals surface area contributed by atoms with Gasteiger partial charge in [0.2, 0.25) is 0 Å². The van der Waals surface area contributed by atoms with Crippen LogP contribution in [0, 0.1) is 29.2 Å². The van der Waals surface area contributed by atoms with E-state index in [4.69, 9.17) is 4.74 Å². The Morgan fingerprint density at radius 2 is 1.58 bits per heavy atom. The number of hydrazone groups is 1. The molecule has 2 atom stereocenters. The van der Waals surface area contributed by atoms with E-state index in [1.165, 1.54) is 29.3 Å². The van der Waals surface area contributed by atoms with Gasteiger partial charge in [-0.15, -0.1) is 0 Å². The van der Waals surface area contributed by atoms with Gasteiger partial charge in [0.05, 0.1) is 17.3 Å². The molecule has 194 valence electrons. The van der Waals surface area contributed by atoms with Gasteiger partial charge in [-0.3, -0.25) is 4.79 Å². The van der Waals surface area contributed by atoms with Crippen LogP contribution in [0.25, 0.3) is 6.08 Å². The van der Waals surface area contributed by atoms with Crippen molar-refractivity contribution in [3.63, 3.8) is 0 Å². The van der Waals surface area contributed by atoms with Crippen molar-refractivity contribution in [3.05, 3.63) is 112 Å². The zero-order chi connectivity index (χ0) is 26.8. The Hall–Kier alpha value is -4.27. The minimum Gasteiger partial charge on any atom is -0.452 e. The molecule has 1 aliphatic carbocycles. The molecule has 0 aromatic heterocycles. The van der Waals surface area contributed by atoms with E-state index in [0.29, 0.717) is 30.2 Å². The molecule has 0 bridgehead atoms. The molecule has 1 amide bonds. The lowest BCUT2D eigenvalue weighted by Crippen LogP contribution is -2.34. The SMILES string of the molecule is O=C(OCC(=O)N1N=C2C(=Cc3ccc(F)cc3)CCCC2C1c1ccc(F)cc1)c1ccc(F)cc1F. The van der Waals surface area contributed by atoms with Gasteiger partial charge in [0.1, 0.15) is 23.3 Å². The number of hydrogen-bond donors (Lipinski definition) is 0. The van der Waals surface area contributed by atoms with Crippen LogP contribution in [0.4, 0.5) is 17.6 Å². The molecule has 38 heavy (non-hydrogen) atoms. The van der Waals surface area contributed by atoms with E-state index in [0.717, 1.165) is 29.7 Å². The van der Waals surface area contributed by atoms with Crippen molar-refractivity contribution in [2.24, 2.45) is 11.0 Å². The van der Waals surface area contributed by atoms with Gasteiger partial charge in [-0.05, 0) is 78.4 Å². The molecule has 9 heteroatoms. The van der Waals surface area contributed by atoms with Crippen LogP contribution in [-0.4, -0.2) is 29.2 Å². The molecule has 3 aromatic carbocycles. The molecule has 0 radical (unpaired) electrons. The van der Waals surface area contributed by atoms with Crippen molar-refractivity contribution in [1.82, 2.24) is 5.01 Å². The van der Waals surface area contributed by atoms with Crippen molar-refractivity contribution in [1.29, 1.82) is 0 Å². The first-order valence-electron chi connectivity index (χ1n) is 12.0. The number of fused-ring (bicyclic) bond motifs is 1. The fourth-order valence-corrected chi connectivity index (χ4v) is 4.89. The highest BCUT2D eigenvalue weighted by atomic mass is 19.1. The van der Waals surface area contributed by atoms with Crippen LogP contribution in [0.5, 0.6) is 0 Å². The molecular formula is C29H22F4N2O3. The standard InChI is InChI=1S/C29H22F4N2O3/c30-20-8-4-17(5-9-20)14-19-2-1-3-24-27(19)34-35(28(24)18-6-10-21(31)11-7-18)26(36)16-38-29(37)23-13-12-22(32)15-25(23)33/h4-15,24,28H,1-3,16H2. The second-order valence-corrected chi connectivity index (χ2v) is 9.14. The number of nitrogens with zero attached hydrogens (tertiary/aromatic N) is 2. The molecule has 1 fully saturated rings. The number of ether oxygens (including phenoxy) is 1. The van der Waals surface area contributed by atoms with Crippen molar-refractivity contribution in [3.8, 4) is 0 Å². The molecule has 2 aliphatic rings. The maximum atomic E-state index is 14.0. The second kappa shape index (κ2) is 10.6. The molecule has 1 heterocycles. The van der Waals surface area contributed by atoms with Gasteiger partial charge < -0.3 is 4.74 Å². The van der Waals surface area contributed by atoms with Crippen LogP contribution in [0.2, 0.25) is 0 Å². The van der Waals surface area contributed by atoms with Crippen LogP contribution in [-0.2, 0) is 9.53 Å². The van der Waals surface area contributed by atoms with E-state index >= 15 is 0 Å². The predicted octanol–water partition coefficient (Wildman–Crippen LogP) is 6.22. The lowest BCUT2D eigenvalue weighted by atomic mass is 9.77. The lowest BCUT2D eigenvalue weighted by molar-refractivity contribution is -0.137. The Balaban J connectivity index is 1.43. The number of hydrogen-bond acceptors (Lipinski definition) is 4. The fourth-order valence-electron chi connectivity index (χ4n) is 4.89. The number of rotatable bonds is 5. The average molecular weight is 522 g/mol. The van der Waals surface area contributed by atoms with Gasteiger partial charge in [0.15, 0.2) is 6.61 Å². The summed E-state index contributed by atoms with van der Waals surface area (Å²) in [5, 5.41) is 5.84. The van der Waals surface area contributed by atoms with Crippen LogP contribution in [0.1, 0.15) is 46.8 Å². The summed E-state index contributed by atoms with van der Waals surface area (Å²) < 4.78 is 59.2. The first kappa shape index (κ1) is 25.4. The molecule has 1 saturated carbocycles. The first-order chi connectivity index (χ1) is 18.3. The third kappa shape index (κ3) is 5.22. The van der Waals surface area contributed by atoms with E-state index in [1.54, 1.807) is 24.3 Å². The number of carbonyl (C=O) groups is 2. The number of esters is 1. The van der Waals surface area contributed by atoms with E-state index in [9.17, 15) is 27.2 Å². The lowest BCUT2D eigenvalue weighted by Gasteiger charge is -2.29. The molecular weight excluding hydrogens is 500 g/mol. The zero-order valence-electron chi connectivity index (χ0n) is 20.0. The summed E-state index contributed by atoms with van der Waals surface area (Å²) >= 11 is 0. The maximum Gasteiger partial charge on any atom is 0.341 e. The number of benzene rings is 3. The van der Waals surface area contributed by atoms with Crippen molar-refractivity contribution >= 4 is 23.7 Å². The largest absolute Gasteiger partial charge is 0.452 e. The van der Waals surface area contributed by atoms with E-state index in [2.05, 4.69) is 5.10 Å². The highest BCUT2D eigenvalue weighted by Crippen LogP contribution is 2.44. The van der Waals surface area contributed by atoms with Crippen molar-refractivity contribution in [2.45, 2.75) is 25.3 Å². The van der Waals surface area contributed by atoms with Gasteiger partial charge in [-0.2, -0.15) is 5.10 Å². The molecule has 3 aromatic rings. The minimum absolute atomic E-state index is 0.199. The number of halogens is 4. The summed E-state index contributed by atoms with van der Waals surface area (Å²) in [5.74, 6) is -4.70. The molecule has 2 unspecified atom stereocenters. The van der Waals surface area contributed by atoms with Crippen molar-refractivity contribution in [2.75, 3.05) is 6.61 Å². The predicted molar refractivity (Wildman–Crippen MR) is 132 cm³/mol. The molecule has 0 saturated heterocycles. The molecule has 1 aliphatic heterocycles. The summed E-state index contributed by atoms with van der Waals surface area (Å²) in [6, 6.07) is 13.6. The molecule has 5 nitrogen and oxygen atoms in total. The summed E-state index contributed by atoms with van der Waals surface area (Å²) in [5.41, 5.74) is 2.51. The van der Waals surface area contributed by atoms with Crippen LogP contribution in [0.3, 0.4) is 0 Å². The summed E-state index contributed by atoms with van der Waals surface area (Å²) in [4.78, 5) is 25.6. The fraction of sp³-hybridized carbons (Fsp3) is 0.207. The van der Waals surface area contributed by atoms with E-state index in [1.807, 2.05) is 6.08 Å². The quantitative estimate of drug-likeness (QED) is 0.295. The third-order valence-electron chi connectivity index (χ3n) is 6.66. The number of amides is 1. The van der Waals surface area contributed by atoms with E-state index in [-0.39, 0.29) is 11.7 Å². The van der Waals surface area contributed by atoms with Crippen LogP contribution in [0.15, 0.2) is 77.4 Å². The topological polar surface area (TPSA) is 59.0 Å². The van der Waals surface area contributed by atoms with Gasteiger partial charge in [-0.1, -0.05) is 24.3 Å². The van der Waals surface area contributed by atoms with E-state index < -0.39 is 47.5 Å². The highest BCUT2D eigenvalue weighted by Gasteiger charge is 2.44. The summed E-state index contributed by atoms with van der Waals surface area (Å²) in [6.07, 6.45) is 4.13. The summed E-state index contributed by atoms with van der Waals surface area (Å²) in [6.45, 7) is -0.728. The van der Waals surface area contributed by atoms with Crippen LogP contribution >= 0.6 is 0 Å². The summed E-state index contributed by atoms with van der Waals surface area (Å²) in [7, 11) is 0.